The van der Waals surface area contributed by atoms with Crippen molar-refractivity contribution in [3.63, 3.8) is 0 Å². The summed E-state index contributed by atoms with van der Waals surface area (Å²) in [4.78, 5) is 0. The molecule has 0 radical (unpaired) electrons. The average molecular weight is 285 g/mol. The zero-order chi connectivity index (χ0) is 14.3. The molecule has 4 rings (SSSR count). The second-order valence-corrected chi connectivity index (χ2v) is 7.21. The fourth-order valence-electron chi connectivity index (χ4n) is 5.08. The first-order chi connectivity index (χ1) is 10.3. The molecular formula is C19H27NO. The average Bonchev–Trinajstić information content (AvgIpc) is 3.14. The van der Waals surface area contributed by atoms with Crippen LogP contribution in [0.5, 0.6) is 0 Å². The van der Waals surface area contributed by atoms with Gasteiger partial charge in [-0.15, -0.1) is 0 Å². The summed E-state index contributed by atoms with van der Waals surface area (Å²) in [5.74, 6) is 0. The molecule has 2 heteroatoms. The van der Waals surface area contributed by atoms with E-state index in [1.807, 2.05) is 0 Å². The van der Waals surface area contributed by atoms with Crippen molar-refractivity contribution < 1.29 is 4.74 Å². The number of fused-ring (bicyclic) bond motifs is 1. The minimum atomic E-state index is 0.463. The molecule has 2 atom stereocenters. The van der Waals surface area contributed by atoms with Gasteiger partial charge in [-0.2, -0.15) is 0 Å². The highest BCUT2D eigenvalue weighted by Gasteiger charge is 2.56. The topological polar surface area (TPSA) is 21.3 Å². The van der Waals surface area contributed by atoms with E-state index in [9.17, 15) is 0 Å². The van der Waals surface area contributed by atoms with Crippen LogP contribution >= 0.6 is 0 Å². The van der Waals surface area contributed by atoms with Crippen molar-refractivity contribution in [2.24, 2.45) is 5.41 Å². The molecule has 1 aromatic carbocycles. The van der Waals surface area contributed by atoms with Gasteiger partial charge < -0.3 is 10.1 Å². The van der Waals surface area contributed by atoms with Gasteiger partial charge in [-0.05, 0) is 50.2 Å². The summed E-state index contributed by atoms with van der Waals surface area (Å²) in [7, 11) is 0. The molecule has 0 bridgehead atoms. The van der Waals surface area contributed by atoms with E-state index < -0.39 is 0 Å². The summed E-state index contributed by atoms with van der Waals surface area (Å²) >= 11 is 0. The highest BCUT2D eigenvalue weighted by Crippen LogP contribution is 2.55. The van der Waals surface area contributed by atoms with Crippen molar-refractivity contribution in [3.05, 3.63) is 35.4 Å². The van der Waals surface area contributed by atoms with Gasteiger partial charge in [0.05, 0.1) is 6.10 Å². The fraction of sp³-hybridized carbons (Fsp3) is 0.684. The van der Waals surface area contributed by atoms with E-state index in [1.165, 1.54) is 44.9 Å². The van der Waals surface area contributed by atoms with Crippen LogP contribution in [-0.2, 0) is 17.6 Å². The van der Waals surface area contributed by atoms with E-state index >= 15 is 0 Å². The molecule has 2 saturated carbocycles. The van der Waals surface area contributed by atoms with Gasteiger partial charge in [0.2, 0.25) is 0 Å². The number of ether oxygens (including phenoxy) is 1. The van der Waals surface area contributed by atoms with E-state index in [0.29, 0.717) is 23.6 Å². The molecule has 2 nitrogen and oxygen atoms in total. The van der Waals surface area contributed by atoms with Gasteiger partial charge in [0.1, 0.15) is 0 Å². The van der Waals surface area contributed by atoms with Gasteiger partial charge >= 0.3 is 0 Å². The molecule has 0 heterocycles. The molecule has 0 aliphatic heterocycles. The number of rotatable bonds is 4. The summed E-state index contributed by atoms with van der Waals surface area (Å²) in [6, 6.07) is 10.3. The largest absolute Gasteiger partial charge is 0.378 e. The molecule has 1 N–H and O–H groups in total. The Morgan fingerprint density at radius 2 is 1.81 bits per heavy atom. The maximum Gasteiger partial charge on any atom is 0.0661 e. The number of hydrogen-bond donors (Lipinski definition) is 1. The van der Waals surface area contributed by atoms with Crippen LogP contribution in [0.4, 0.5) is 0 Å². The Hall–Kier alpha value is -0.860. The summed E-state index contributed by atoms with van der Waals surface area (Å²) in [6.07, 6.45) is 9.69. The van der Waals surface area contributed by atoms with Gasteiger partial charge in [0.25, 0.3) is 0 Å². The maximum absolute atomic E-state index is 6.03. The predicted octanol–water partition coefficient (Wildman–Crippen LogP) is 3.48. The molecule has 0 amide bonds. The lowest BCUT2D eigenvalue weighted by atomic mass is 9.60. The first kappa shape index (κ1) is 13.8. The molecule has 21 heavy (non-hydrogen) atoms. The first-order valence-corrected chi connectivity index (χ1v) is 8.76. The molecule has 0 aromatic heterocycles. The van der Waals surface area contributed by atoms with Crippen LogP contribution in [-0.4, -0.2) is 24.8 Å². The molecular weight excluding hydrogens is 258 g/mol. The second-order valence-electron chi connectivity index (χ2n) is 7.21. The smallest absolute Gasteiger partial charge is 0.0661 e. The van der Waals surface area contributed by atoms with Gasteiger partial charge in [-0.3, -0.25) is 0 Å². The minimum absolute atomic E-state index is 0.463. The fourth-order valence-corrected chi connectivity index (χ4v) is 5.08. The Morgan fingerprint density at radius 3 is 2.43 bits per heavy atom. The number of benzene rings is 1. The van der Waals surface area contributed by atoms with E-state index in [2.05, 4.69) is 36.5 Å². The van der Waals surface area contributed by atoms with Crippen LogP contribution < -0.4 is 5.32 Å². The zero-order valence-corrected chi connectivity index (χ0v) is 13.1. The Kier molecular flexibility index (Phi) is 3.55. The van der Waals surface area contributed by atoms with E-state index in [0.717, 1.165) is 6.61 Å². The third-order valence-electron chi connectivity index (χ3n) is 6.18. The highest BCUT2D eigenvalue weighted by atomic mass is 16.5. The molecule has 2 unspecified atom stereocenters. The lowest BCUT2D eigenvalue weighted by molar-refractivity contribution is -0.132. The molecule has 1 aromatic rings. The Morgan fingerprint density at radius 1 is 1.14 bits per heavy atom. The van der Waals surface area contributed by atoms with Crippen LogP contribution in [0.25, 0.3) is 0 Å². The molecule has 2 fully saturated rings. The standard InChI is InChI=1S/C19H27NO/c1-2-21-18-13-17(19(18)9-5-6-10-19)20-16-11-14-7-3-4-8-15(14)12-16/h3-4,7-8,16-18,20H,2,5-6,9-13H2,1H3. The Bertz CT molecular complexity index is 481. The third-order valence-corrected chi connectivity index (χ3v) is 6.18. The Balaban J connectivity index is 1.42. The van der Waals surface area contributed by atoms with Gasteiger partial charge in [0, 0.05) is 24.1 Å². The van der Waals surface area contributed by atoms with Crippen LogP contribution in [0.2, 0.25) is 0 Å². The summed E-state index contributed by atoms with van der Waals surface area (Å²) in [6.45, 7) is 3.00. The first-order valence-electron chi connectivity index (χ1n) is 8.76. The lowest BCUT2D eigenvalue weighted by Crippen LogP contribution is -2.64. The SMILES string of the molecule is CCOC1CC(NC2Cc3ccccc3C2)C12CCCC2. The number of nitrogens with one attached hydrogen (secondary N) is 1. The third kappa shape index (κ3) is 2.24. The lowest BCUT2D eigenvalue weighted by Gasteiger charge is -2.55. The van der Waals surface area contributed by atoms with Gasteiger partial charge in [-0.25, -0.2) is 0 Å². The molecule has 114 valence electrons. The van der Waals surface area contributed by atoms with Crippen molar-refractivity contribution >= 4 is 0 Å². The van der Waals surface area contributed by atoms with Crippen LogP contribution in [0.3, 0.4) is 0 Å². The quantitative estimate of drug-likeness (QED) is 0.914. The van der Waals surface area contributed by atoms with Crippen LogP contribution in [0.1, 0.15) is 50.2 Å². The van der Waals surface area contributed by atoms with Crippen molar-refractivity contribution in [1.29, 1.82) is 0 Å². The summed E-state index contributed by atoms with van der Waals surface area (Å²) in [5, 5.41) is 4.00. The van der Waals surface area contributed by atoms with Crippen molar-refractivity contribution in [3.8, 4) is 0 Å². The maximum atomic E-state index is 6.03. The van der Waals surface area contributed by atoms with Crippen molar-refractivity contribution in [2.75, 3.05) is 6.61 Å². The Labute approximate surface area is 128 Å². The highest BCUT2D eigenvalue weighted by molar-refractivity contribution is 5.33. The van der Waals surface area contributed by atoms with Gasteiger partial charge in [-0.1, -0.05) is 37.1 Å². The van der Waals surface area contributed by atoms with Crippen LogP contribution in [0, 0.1) is 5.41 Å². The summed E-state index contributed by atoms with van der Waals surface area (Å²) < 4.78 is 6.03. The molecule has 0 saturated heterocycles. The van der Waals surface area contributed by atoms with Crippen molar-refractivity contribution in [2.45, 2.75) is 70.1 Å². The monoisotopic (exact) mass is 285 g/mol. The van der Waals surface area contributed by atoms with Crippen LogP contribution in [0.15, 0.2) is 24.3 Å². The van der Waals surface area contributed by atoms with E-state index in [-0.39, 0.29) is 0 Å². The second kappa shape index (κ2) is 5.40. The molecule has 1 spiro atoms. The van der Waals surface area contributed by atoms with E-state index in [4.69, 9.17) is 4.74 Å². The molecule has 3 aliphatic carbocycles. The summed E-state index contributed by atoms with van der Waals surface area (Å²) in [5.41, 5.74) is 3.57. The predicted molar refractivity (Wildman–Crippen MR) is 85.5 cm³/mol. The van der Waals surface area contributed by atoms with Crippen molar-refractivity contribution in [1.82, 2.24) is 5.32 Å². The van der Waals surface area contributed by atoms with Gasteiger partial charge in [0.15, 0.2) is 0 Å². The molecule has 3 aliphatic rings. The number of hydrogen-bond acceptors (Lipinski definition) is 2. The van der Waals surface area contributed by atoms with E-state index in [1.54, 1.807) is 11.1 Å². The zero-order valence-electron chi connectivity index (χ0n) is 13.1. The normalized spacial score (nSPS) is 30.5. The minimum Gasteiger partial charge on any atom is -0.378 e.